The van der Waals surface area contributed by atoms with E-state index in [1.807, 2.05) is 0 Å². The maximum absolute atomic E-state index is 2.52. The molecule has 1 spiro atoms. The zero-order chi connectivity index (χ0) is 21.1. The first-order valence-electron chi connectivity index (χ1n) is 11.5. The van der Waals surface area contributed by atoms with Crippen LogP contribution in [0.15, 0.2) is 113 Å². The zero-order valence-corrected chi connectivity index (χ0v) is 18.8. The van der Waals surface area contributed by atoms with Gasteiger partial charge in [-0.1, -0.05) is 66.7 Å². The summed E-state index contributed by atoms with van der Waals surface area (Å²) >= 11 is 0. The summed E-state index contributed by atoms with van der Waals surface area (Å²) in [6, 6.07) is 38.6. The van der Waals surface area contributed by atoms with Crippen LogP contribution in [-0.4, -0.2) is 11.5 Å². The van der Waals surface area contributed by atoms with Gasteiger partial charge in [0.25, 0.3) is 0 Å². The Bertz CT molecular complexity index is 1450. The van der Waals surface area contributed by atoms with E-state index in [4.69, 9.17) is 0 Å². The number of fused-ring (bicyclic) bond motifs is 7. The third kappa shape index (κ3) is 2.47. The van der Waals surface area contributed by atoms with Crippen molar-refractivity contribution in [2.75, 3.05) is 16.4 Å². The van der Waals surface area contributed by atoms with Gasteiger partial charge in [0.1, 0.15) is 0 Å². The first kappa shape index (κ1) is 18.4. The molecule has 1 fully saturated rings. The van der Waals surface area contributed by atoms with Crippen LogP contribution in [0.5, 0.6) is 0 Å². The third-order valence-corrected chi connectivity index (χ3v) is 11.6. The SMILES string of the molecule is c1ccc2c(c1)N(c1ccc3ccc4ccccc4c3c1)c1ccccc1S21CCCC1. The fourth-order valence-electron chi connectivity index (χ4n) is 5.84. The van der Waals surface area contributed by atoms with E-state index in [1.54, 1.807) is 9.79 Å². The Labute approximate surface area is 190 Å². The van der Waals surface area contributed by atoms with Gasteiger partial charge >= 0.3 is 0 Å². The largest absolute Gasteiger partial charge is 0.308 e. The van der Waals surface area contributed by atoms with Gasteiger partial charge in [0.2, 0.25) is 0 Å². The van der Waals surface area contributed by atoms with E-state index < -0.39 is 10.0 Å². The Kier molecular flexibility index (Phi) is 3.95. The van der Waals surface area contributed by atoms with Crippen molar-refractivity contribution in [2.45, 2.75) is 22.6 Å². The number of nitrogens with zero attached hydrogens (tertiary/aromatic N) is 1. The highest BCUT2D eigenvalue weighted by Gasteiger charge is 2.41. The molecule has 1 nitrogen and oxygen atoms in total. The summed E-state index contributed by atoms with van der Waals surface area (Å²) in [5.41, 5.74) is 4.01. The Morgan fingerprint density at radius 2 is 1.09 bits per heavy atom. The molecule has 2 heteroatoms. The van der Waals surface area contributed by atoms with Gasteiger partial charge in [0.05, 0.1) is 11.4 Å². The highest BCUT2D eigenvalue weighted by Crippen LogP contribution is 2.73. The molecular formula is C30H25NS. The Morgan fingerprint density at radius 3 is 1.81 bits per heavy atom. The second kappa shape index (κ2) is 6.88. The van der Waals surface area contributed by atoms with E-state index in [0.717, 1.165) is 0 Å². The van der Waals surface area contributed by atoms with E-state index in [-0.39, 0.29) is 0 Å². The summed E-state index contributed by atoms with van der Waals surface area (Å²) in [5.74, 6) is 2.66. The van der Waals surface area contributed by atoms with Gasteiger partial charge in [-0.3, -0.25) is 0 Å². The molecule has 5 aromatic rings. The lowest BCUT2D eigenvalue weighted by Gasteiger charge is -2.47. The maximum Gasteiger partial charge on any atom is 0.0586 e. The van der Waals surface area contributed by atoms with Gasteiger partial charge < -0.3 is 4.90 Å². The van der Waals surface area contributed by atoms with E-state index in [1.165, 1.54) is 63.0 Å². The van der Waals surface area contributed by atoms with E-state index in [0.29, 0.717) is 0 Å². The van der Waals surface area contributed by atoms with E-state index >= 15 is 0 Å². The monoisotopic (exact) mass is 431 g/mol. The molecular weight excluding hydrogens is 406 g/mol. The maximum atomic E-state index is 2.52. The molecule has 0 aliphatic carbocycles. The lowest BCUT2D eigenvalue weighted by atomic mass is 10.0. The van der Waals surface area contributed by atoms with Crippen LogP contribution in [0.3, 0.4) is 0 Å². The standard InChI is InChI=1S/C30H25NS/c1-2-10-25-22(9-1)15-16-23-17-18-24(21-26(23)25)31-27-11-3-5-13-29(27)32(19-7-8-20-32)30-14-6-4-12-28(30)31/h1-6,9-18,21H,7-8,19-20H2. The smallest absolute Gasteiger partial charge is 0.0586 e. The van der Waals surface area contributed by atoms with Crippen molar-refractivity contribution in [2.24, 2.45) is 0 Å². The average molecular weight is 432 g/mol. The predicted molar refractivity (Wildman–Crippen MR) is 139 cm³/mol. The second-order valence-corrected chi connectivity index (χ2v) is 12.4. The molecule has 2 heterocycles. The van der Waals surface area contributed by atoms with Crippen LogP contribution < -0.4 is 4.90 Å². The van der Waals surface area contributed by atoms with Gasteiger partial charge in [-0.25, -0.2) is 0 Å². The van der Waals surface area contributed by atoms with E-state index in [2.05, 4.69) is 108 Å². The minimum absolute atomic E-state index is 0.941. The summed E-state index contributed by atoms with van der Waals surface area (Å²) in [5, 5.41) is 5.24. The van der Waals surface area contributed by atoms with Crippen LogP contribution >= 0.6 is 10.0 Å². The van der Waals surface area contributed by atoms with Crippen LogP contribution in [-0.2, 0) is 0 Å². The molecule has 32 heavy (non-hydrogen) atoms. The third-order valence-electron chi connectivity index (χ3n) is 7.28. The number of para-hydroxylation sites is 2. The van der Waals surface area contributed by atoms with E-state index in [9.17, 15) is 0 Å². The molecule has 0 radical (unpaired) electrons. The molecule has 0 N–H and O–H groups in total. The van der Waals surface area contributed by atoms with Gasteiger partial charge in [-0.2, -0.15) is 10.0 Å². The molecule has 0 amide bonds. The Hall–Kier alpha value is -3.23. The van der Waals surface area contributed by atoms with Crippen LogP contribution in [0.1, 0.15) is 12.8 Å². The summed E-state index contributed by atoms with van der Waals surface area (Å²) < 4.78 is 0. The number of anilines is 3. The number of benzene rings is 5. The number of hydrogen-bond donors (Lipinski definition) is 0. The van der Waals surface area contributed by atoms with Crippen molar-refractivity contribution in [3.8, 4) is 0 Å². The molecule has 0 aromatic heterocycles. The van der Waals surface area contributed by atoms with Crippen LogP contribution in [0.4, 0.5) is 17.1 Å². The molecule has 0 saturated carbocycles. The number of hydrogen-bond acceptors (Lipinski definition) is 1. The predicted octanol–water partition coefficient (Wildman–Crippen LogP) is 8.79. The van der Waals surface area contributed by atoms with Crippen LogP contribution in [0.2, 0.25) is 0 Å². The minimum atomic E-state index is -0.941. The summed E-state index contributed by atoms with van der Waals surface area (Å²) in [4.78, 5) is 5.67. The average Bonchev–Trinajstić information content (AvgIpc) is 3.35. The fraction of sp³-hybridized carbons (Fsp3) is 0.133. The van der Waals surface area contributed by atoms with Crippen molar-refractivity contribution < 1.29 is 0 Å². The Balaban J connectivity index is 1.52. The zero-order valence-electron chi connectivity index (χ0n) is 18.0. The molecule has 5 aromatic carbocycles. The Morgan fingerprint density at radius 1 is 0.531 bits per heavy atom. The minimum Gasteiger partial charge on any atom is -0.308 e. The second-order valence-electron chi connectivity index (χ2n) is 8.96. The molecule has 0 bridgehead atoms. The molecule has 0 atom stereocenters. The lowest BCUT2D eigenvalue weighted by molar-refractivity contribution is 0.949. The van der Waals surface area contributed by atoms with Crippen molar-refractivity contribution in [1.29, 1.82) is 0 Å². The van der Waals surface area contributed by atoms with Crippen molar-refractivity contribution in [1.82, 2.24) is 0 Å². The lowest BCUT2D eigenvalue weighted by Crippen LogP contribution is -2.21. The highest BCUT2D eigenvalue weighted by atomic mass is 32.3. The molecule has 7 rings (SSSR count). The van der Waals surface area contributed by atoms with Gasteiger partial charge in [-0.05, 0) is 82.3 Å². The van der Waals surface area contributed by atoms with Gasteiger partial charge in [-0.15, -0.1) is 0 Å². The first-order chi connectivity index (χ1) is 15.9. The van der Waals surface area contributed by atoms with Crippen molar-refractivity contribution >= 4 is 48.6 Å². The van der Waals surface area contributed by atoms with Gasteiger partial charge in [0, 0.05) is 15.5 Å². The van der Waals surface area contributed by atoms with Crippen LogP contribution in [0.25, 0.3) is 21.5 Å². The molecule has 156 valence electrons. The fourth-order valence-corrected chi connectivity index (χ4v) is 10.4. The highest BCUT2D eigenvalue weighted by molar-refractivity contribution is 8.34. The molecule has 2 aliphatic heterocycles. The molecule has 1 saturated heterocycles. The first-order valence-corrected chi connectivity index (χ1v) is 13.5. The summed E-state index contributed by atoms with van der Waals surface area (Å²) in [6.07, 6.45) is 2.69. The van der Waals surface area contributed by atoms with Crippen LogP contribution in [0, 0.1) is 0 Å². The summed E-state index contributed by atoms with van der Waals surface area (Å²) in [7, 11) is -0.941. The van der Waals surface area contributed by atoms with Crippen molar-refractivity contribution in [3.05, 3.63) is 103 Å². The van der Waals surface area contributed by atoms with Gasteiger partial charge in [0.15, 0.2) is 0 Å². The molecule has 0 unspecified atom stereocenters. The molecule has 2 aliphatic rings. The summed E-state index contributed by atoms with van der Waals surface area (Å²) in [6.45, 7) is 0. The normalized spacial score (nSPS) is 17.4. The quantitative estimate of drug-likeness (QED) is 0.240. The topological polar surface area (TPSA) is 3.24 Å². The number of rotatable bonds is 1. The van der Waals surface area contributed by atoms with Crippen molar-refractivity contribution in [3.63, 3.8) is 0 Å².